The van der Waals surface area contributed by atoms with E-state index in [1.807, 2.05) is 0 Å². The Labute approximate surface area is 175 Å². The van der Waals surface area contributed by atoms with E-state index in [-0.39, 0.29) is 16.7 Å². The third kappa shape index (κ3) is 4.24. The number of benzene rings is 2. The Kier molecular flexibility index (Phi) is 5.62. The topological polar surface area (TPSA) is 92.8 Å². The molecule has 1 saturated heterocycles. The summed E-state index contributed by atoms with van der Waals surface area (Å²) >= 11 is 0. The van der Waals surface area contributed by atoms with Gasteiger partial charge in [-0.1, -0.05) is 6.07 Å². The first-order valence-electron chi connectivity index (χ1n) is 10.0. The fourth-order valence-corrected chi connectivity index (χ4v) is 4.58. The number of carbonyl (C=O) groups is 2. The minimum atomic E-state index is -3.30. The molecule has 2 heterocycles. The van der Waals surface area contributed by atoms with E-state index in [0.717, 1.165) is 30.5 Å². The van der Waals surface area contributed by atoms with Crippen LogP contribution < -0.4 is 10.2 Å². The van der Waals surface area contributed by atoms with Crippen LogP contribution in [-0.4, -0.2) is 45.7 Å². The van der Waals surface area contributed by atoms with Crippen molar-refractivity contribution in [1.82, 2.24) is 0 Å². The Hall–Kier alpha value is -2.71. The standard InChI is InChI=1S/C22H24N2O5S/c1-30(27,28)18-9-10-19-15(14-18)6-3-11-24(19)22(26)16-5-2-7-17(13-16)23-21(25)20-8-4-12-29-20/h2,5,7,9-10,13-14,20H,3-4,6,8,11-12H2,1H3,(H,23,25). The Morgan fingerprint density at radius 2 is 1.97 bits per heavy atom. The number of hydrogen-bond acceptors (Lipinski definition) is 5. The SMILES string of the molecule is CS(=O)(=O)c1ccc2c(c1)CCCN2C(=O)c1cccc(NC(=O)C2CCCO2)c1. The predicted octanol–water partition coefficient (Wildman–Crippen LogP) is 2.80. The van der Waals surface area contributed by atoms with Gasteiger partial charge in [-0.3, -0.25) is 9.59 Å². The first-order valence-corrected chi connectivity index (χ1v) is 11.9. The second kappa shape index (κ2) is 8.20. The van der Waals surface area contributed by atoms with Crippen molar-refractivity contribution in [3.8, 4) is 0 Å². The highest BCUT2D eigenvalue weighted by molar-refractivity contribution is 7.90. The summed E-state index contributed by atoms with van der Waals surface area (Å²) in [6.45, 7) is 1.14. The molecule has 4 rings (SSSR count). The lowest BCUT2D eigenvalue weighted by molar-refractivity contribution is -0.124. The van der Waals surface area contributed by atoms with Gasteiger partial charge in [0.2, 0.25) is 0 Å². The summed E-state index contributed by atoms with van der Waals surface area (Å²) in [6.07, 6.45) is 3.77. The number of rotatable bonds is 4. The highest BCUT2D eigenvalue weighted by atomic mass is 32.2. The molecule has 2 aromatic rings. The number of carbonyl (C=O) groups excluding carboxylic acids is 2. The van der Waals surface area contributed by atoms with Gasteiger partial charge in [-0.15, -0.1) is 0 Å². The van der Waals surface area contributed by atoms with E-state index in [4.69, 9.17) is 4.74 Å². The predicted molar refractivity (Wildman–Crippen MR) is 114 cm³/mol. The second-order valence-corrected chi connectivity index (χ2v) is 9.71. The lowest BCUT2D eigenvalue weighted by Crippen LogP contribution is -2.35. The van der Waals surface area contributed by atoms with Crippen LogP contribution in [0.3, 0.4) is 0 Å². The van der Waals surface area contributed by atoms with Crippen LogP contribution in [0.1, 0.15) is 35.2 Å². The Morgan fingerprint density at radius 3 is 2.70 bits per heavy atom. The van der Waals surface area contributed by atoms with Crippen molar-refractivity contribution in [1.29, 1.82) is 0 Å². The molecule has 0 aliphatic carbocycles. The van der Waals surface area contributed by atoms with Gasteiger partial charge in [-0.25, -0.2) is 8.42 Å². The molecule has 1 fully saturated rings. The quantitative estimate of drug-likeness (QED) is 0.808. The summed E-state index contributed by atoms with van der Waals surface area (Å²) in [6, 6.07) is 11.7. The van der Waals surface area contributed by atoms with Crippen LogP contribution in [-0.2, 0) is 25.8 Å². The number of hydrogen-bond donors (Lipinski definition) is 1. The molecule has 0 spiro atoms. The molecule has 0 aromatic heterocycles. The van der Waals surface area contributed by atoms with E-state index in [2.05, 4.69) is 5.32 Å². The molecule has 1 N–H and O–H groups in total. The smallest absolute Gasteiger partial charge is 0.258 e. The first kappa shape index (κ1) is 20.6. The minimum absolute atomic E-state index is 0.184. The molecule has 2 aliphatic heterocycles. The third-order valence-electron chi connectivity index (χ3n) is 5.44. The maximum absolute atomic E-state index is 13.2. The van der Waals surface area contributed by atoms with Gasteiger partial charge in [0.1, 0.15) is 6.10 Å². The van der Waals surface area contributed by atoms with Crippen LogP contribution in [0.15, 0.2) is 47.4 Å². The van der Waals surface area contributed by atoms with E-state index < -0.39 is 15.9 Å². The van der Waals surface area contributed by atoms with Crippen LogP contribution in [0.2, 0.25) is 0 Å². The number of nitrogens with zero attached hydrogens (tertiary/aromatic N) is 1. The van der Waals surface area contributed by atoms with Gasteiger partial charge in [0.05, 0.1) is 4.90 Å². The zero-order valence-electron chi connectivity index (χ0n) is 16.8. The van der Waals surface area contributed by atoms with Crippen molar-refractivity contribution in [2.45, 2.75) is 36.7 Å². The Morgan fingerprint density at radius 1 is 1.13 bits per heavy atom. The third-order valence-corrected chi connectivity index (χ3v) is 6.55. The molecule has 2 aromatic carbocycles. The Balaban J connectivity index is 1.56. The van der Waals surface area contributed by atoms with Gasteiger partial charge >= 0.3 is 0 Å². The highest BCUT2D eigenvalue weighted by Crippen LogP contribution is 2.31. The number of amides is 2. The summed E-state index contributed by atoms with van der Waals surface area (Å²) < 4.78 is 29.1. The lowest BCUT2D eigenvalue weighted by Gasteiger charge is -2.30. The summed E-state index contributed by atoms with van der Waals surface area (Å²) in [7, 11) is -3.30. The number of aryl methyl sites for hydroxylation is 1. The average molecular weight is 429 g/mol. The molecule has 158 valence electrons. The zero-order chi connectivity index (χ0) is 21.3. The molecule has 2 amide bonds. The van der Waals surface area contributed by atoms with Crippen LogP contribution in [0.5, 0.6) is 0 Å². The molecule has 8 heteroatoms. The van der Waals surface area contributed by atoms with Crippen molar-refractivity contribution in [2.24, 2.45) is 0 Å². The highest BCUT2D eigenvalue weighted by Gasteiger charge is 2.26. The van der Waals surface area contributed by atoms with Crippen molar-refractivity contribution < 1.29 is 22.7 Å². The van der Waals surface area contributed by atoms with E-state index in [0.29, 0.717) is 30.8 Å². The van der Waals surface area contributed by atoms with Crippen LogP contribution in [0.4, 0.5) is 11.4 Å². The molecule has 1 unspecified atom stereocenters. The molecule has 7 nitrogen and oxygen atoms in total. The fourth-order valence-electron chi connectivity index (χ4n) is 3.91. The molecular weight excluding hydrogens is 404 g/mol. The Bertz CT molecular complexity index is 1090. The molecule has 2 aliphatic rings. The van der Waals surface area contributed by atoms with Crippen molar-refractivity contribution in [2.75, 3.05) is 29.6 Å². The van der Waals surface area contributed by atoms with Crippen LogP contribution in [0, 0.1) is 0 Å². The maximum atomic E-state index is 13.2. The van der Waals surface area contributed by atoms with E-state index >= 15 is 0 Å². The van der Waals surface area contributed by atoms with Gasteiger partial charge in [0.25, 0.3) is 11.8 Å². The number of fused-ring (bicyclic) bond motifs is 1. The summed E-state index contributed by atoms with van der Waals surface area (Å²) in [4.78, 5) is 27.4. The zero-order valence-corrected chi connectivity index (χ0v) is 17.6. The molecule has 0 radical (unpaired) electrons. The molecule has 1 atom stereocenters. The lowest BCUT2D eigenvalue weighted by atomic mass is 10.0. The number of ether oxygens (including phenoxy) is 1. The molecule has 0 bridgehead atoms. The summed E-state index contributed by atoms with van der Waals surface area (Å²) in [5.41, 5.74) is 2.58. The number of anilines is 2. The summed E-state index contributed by atoms with van der Waals surface area (Å²) in [5.74, 6) is -0.384. The molecule has 30 heavy (non-hydrogen) atoms. The van der Waals surface area contributed by atoms with E-state index in [1.54, 1.807) is 41.3 Å². The molecular formula is C22H24N2O5S. The van der Waals surface area contributed by atoms with Crippen molar-refractivity contribution >= 4 is 33.0 Å². The average Bonchev–Trinajstić information content (AvgIpc) is 3.27. The van der Waals surface area contributed by atoms with Crippen molar-refractivity contribution in [3.63, 3.8) is 0 Å². The van der Waals surface area contributed by atoms with Crippen molar-refractivity contribution in [3.05, 3.63) is 53.6 Å². The van der Waals surface area contributed by atoms with Gasteiger partial charge in [-0.2, -0.15) is 0 Å². The minimum Gasteiger partial charge on any atom is -0.368 e. The van der Waals surface area contributed by atoms with E-state index in [9.17, 15) is 18.0 Å². The number of nitrogens with one attached hydrogen (secondary N) is 1. The molecule has 0 saturated carbocycles. The first-order chi connectivity index (χ1) is 14.3. The fraction of sp³-hybridized carbons (Fsp3) is 0.364. The normalized spacial score (nSPS) is 18.7. The van der Waals surface area contributed by atoms with Gasteiger partial charge < -0.3 is 15.0 Å². The van der Waals surface area contributed by atoms with Gasteiger partial charge in [0.15, 0.2) is 9.84 Å². The monoisotopic (exact) mass is 428 g/mol. The maximum Gasteiger partial charge on any atom is 0.258 e. The van der Waals surface area contributed by atoms with E-state index in [1.165, 1.54) is 12.3 Å². The summed E-state index contributed by atoms with van der Waals surface area (Å²) in [5, 5.41) is 2.82. The van der Waals surface area contributed by atoms with Gasteiger partial charge in [0, 0.05) is 36.3 Å². The largest absolute Gasteiger partial charge is 0.368 e. The number of sulfone groups is 1. The van der Waals surface area contributed by atoms with Crippen LogP contribution in [0.25, 0.3) is 0 Å². The second-order valence-electron chi connectivity index (χ2n) is 7.69. The van der Waals surface area contributed by atoms with Crippen LogP contribution >= 0.6 is 0 Å². The van der Waals surface area contributed by atoms with Gasteiger partial charge in [-0.05, 0) is 67.6 Å².